The summed E-state index contributed by atoms with van der Waals surface area (Å²) < 4.78 is 4.89. The second-order valence-corrected chi connectivity index (χ2v) is 2.73. The van der Waals surface area contributed by atoms with E-state index in [1.807, 2.05) is 30.3 Å². The summed E-state index contributed by atoms with van der Waals surface area (Å²) in [6.07, 6.45) is 1.15. The SMILES string of the molecule is O=C(C=C=CCl)OCc1ccccc1. The van der Waals surface area contributed by atoms with E-state index in [4.69, 9.17) is 16.3 Å². The number of carbonyl (C=O) groups excluding carboxylic acids is 1. The van der Waals surface area contributed by atoms with Crippen molar-refractivity contribution in [2.75, 3.05) is 0 Å². The molecular formula is C11H9ClO2. The monoisotopic (exact) mass is 208 g/mol. The van der Waals surface area contributed by atoms with Crippen molar-refractivity contribution in [2.24, 2.45) is 0 Å². The van der Waals surface area contributed by atoms with Crippen LogP contribution in [0, 0.1) is 0 Å². The van der Waals surface area contributed by atoms with Crippen LogP contribution < -0.4 is 0 Å². The van der Waals surface area contributed by atoms with E-state index in [1.54, 1.807) is 0 Å². The Bertz CT molecular complexity index is 351. The van der Waals surface area contributed by atoms with Crippen molar-refractivity contribution >= 4 is 17.6 Å². The number of hydrogen-bond donors (Lipinski definition) is 0. The van der Waals surface area contributed by atoms with Crippen LogP contribution in [-0.2, 0) is 16.1 Å². The first kappa shape index (κ1) is 10.6. The molecule has 0 saturated heterocycles. The van der Waals surface area contributed by atoms with Crippen LogP contribution in [0.5, 0.6) is 0 Å². The fourth-order valence-electron chi connectivity index (χ4n) is 0.870. The normalized spacial score (nSPS) is 8.64. The smallest absolute Gasteiger partial charge is 0.338 e. The van der Waals surface area contributed by atoms with Gasteiger partial charge in [-0.3, -0.25) is 0 Å². The molecule has 0 N–H and O–H groups in total. The van der Waals surface area contributed by atoms with E-state index in [2.05, 4.69) is 5.73 Å². The number of ether oxygens (including phenoxy) is 1. The maximum atomic E-state index is 11.0. The molecule has 0 saturated carbocycles. The van der Waals surface area contributed by atoms with Gasteiger partial charge >= 0.3 is 5.97 Å². The standard InChI is InChI=1S/C11H9ClO2/c12-8-4-7-11(13)14-9-10-5-2-1-3-6-10/h1-3,5-8H,9H2. The highest BCUT2D eigenvalue weighted by Crippen LogP contribution is 2.00. The third-order valence-electron chi connectivity index (χ3n) is 1.49. The molecule has 0 amide bonds. The zero-order valence-electron chi connectivity index (χ0n) is 7.44. The summed E-state index contributed by atoms with van der Waals surface area (Å²) in [4.78, 5) is 11.0. The van der Waals surface area contributed by atoms with E-state index < -0.39 is 5.97 Å². The lowest BCUT2D eigenvalue weighted by molar-refractivity contribution is -0.138. The average molecular weight is 209 g/mol. The first-order chi connectivity index (χ1) is 6.83. The molecular weight excluding hydrogens is 200 g/mol. The Morgan fingerprint density at radius 1 is 1.43 bits per heavy atom. The predicted octanol–water partition coefficient (Wildman–Crippen LogP) is 2.64. The van der Waals surface area contributed by atoms with Crippen LogP contribution in [0.2, 0.25) is 0 Å². The van der Waals surface area contributed by atoms with E-state index in [0.29, 0.717) is 0 Å². The molecule has 0 aromatic heterocycles. The second-order valence-electron chi connectivity index (χ2n) is 2.51. The van der Waals surface area contributed by atoms with Crippen LogP contribution in [0.15, 0.2) is 47.7 Å². The van der Waals surface area contributed by atoms with Crippen LogP contribution in [-0.4, -0.2) is 5.97 Å². The average Bonchev–Trinajstić information content (AvgIpc) is 2.25. The van der Waals surface area contributed by atoms with Gasteiger partial charge in [0.2, 0.25) is 0 Å². The largest absolute Gasteiger partial charge is 0.457 e. The third-order valence-corrected chi connectivity index (χ3v) is 1.61. The van der Waals surface area contributed by atoms with Gasteiger partial charge in [0.25, 0.3) is 0 Å². The Morgan fingerprint density at radius 3 is 2.79 bits per heavy atom. The van der Waals surface area contributed by atoms with Crippen LogP contribution in [0.4, 0.5) is 0 Å². The first-order valence-electron chi connectivity index (χ1n) is 4.05. The molecule has 0 unspecified atom stereocenters. The van der Waals surface area contributed by atoms with E-state index >= 15 is 0 Å². The van der Waals surface area contributed by atoms with Gasteiger partial charge in [-0.2, -0.15) is 0 Å². The molecule has 1 aromatic rings. The summed E-state index contributed by atoms with van der Waals surface area (Å²) in [6.45, 7) is 0.264. The van der Waals surface area contributed by atoms with Gasteiger partial charge in [-0.25, -0.2) is 4.79 Å². The number of hydrogen-bond acceptors (Lipinski definition) is 2. The molecule has 0 aliphatic heterocycles. The number of rotatable bonds is 3. The van der Waals surface area contributed by atoms with Gasteiger partial charge in [0.15, 0.2) is 0 Å². The highest BCUT2D eigenvalue weighted by Gasteiger charge is 1.96. The molecule has 1 aromatic carbocycles. The lowest BCUT2D eigenvalue weighted by atomic mass is 10.2. The number of esters is 1. The van der Waals surface area contributed by atoms with Crippen LogP contribution >= 0.6 is 11.6 Å². The Hall–Kier alpha value is -1.50. The maximum Gasteiger partial charge on any atom is 0.338 e. The van der Waals surface area contributed by atoms with Crippen LogP contribution in [0.3, 0.4) is 0 Å². The van der Waals surface area contributed by atoms with Gasteiger partial charge in [-0.1, -0.05) is 41.9 Å². The molecule has 14 heavy (non-hydrogen) atoms. The lowest BCUT2D eigenvalue weighted by Gasteiger charge is -2.00. The lowest BCUT2D eigenvalue weighted by Crippen LogP contribution is -1.99. The summed E-state index contributed by atoms with van der Waals surface area (Å²) in [5.74, 6) is -0.453. The summed E-state index contributed by atoms with van der Waals surface area (Å²) in [6, 6.07) is 9.44. The van der Waals surface area contributed by atoms with Gasteiger partial charge in [0.1, 0.15) is 6.61 Å². The molecule has 0 radical (unpaired) electrons. The zero-order valence-corrected chi connectivity index (χ0v) is 8.20. The molecule has 0 heterocycles. The van der Waals surface area contributed by atoms with Gasteiger partial charge in [0.05, 0.1) is 6.08 Å². The summed E-state index contributed by atoms with van der Waals surface area (Å²) >= 11 is 5.19. The number of carbonyl (C=O) groups is 1. The summed E-state index contributed by atoms with van der Waals surface area (Å²) in [5, 5.41) is 0. The molecule has 0 spiro atoms. The Labute approximate surface area is 87.5 Å². The molecule has 0 fully saturated rings. The Morgan fingerprint density at radius 2 is 2.14 bits per heavy atom. The quantitative estimate of drug-likeness (QED) is 0.434. The number of benzene rings is 1. The van der Waals surface area contributed by atoms with Crippen molar-refractivity contribution in [3.8, 4) is 0 Å². The van der Waals surface area contributed by atoms with E-state index in [-0.39, 0.29) is 6.61 Å². The van der Waals surface area contributed by atoms with Crippen molar-refractivity contribution < 1.29 is 9.53 Å². The predicted molar refractivity (Wildman–Crippen MR) is 54.7 cm³/mol. The van der Waals surface area contributed by atoms with Gasteiger partial charge < -0.3 is 4.74 Å². The minimum absolute atomic E-state index is 0.264. The molecule has 72 valence electrons. The van der Waals surface area contributed by atoms with Crippen LogP contribution in [0.1, 0.15) is 5.56 Å². The molecule has 0 atom stereocenters. The molecule has 3 heteroatoms. The molecule has 2 nitrogen and oxygen atoms in total. The summed E-state index contributed by atoms with van der Waals surface area (Å²) in [7, 11) is 0. The fourth-order valence-corrected chi connectivity index (χ4v) is 0.933. The minimum atomic E-state index is -0.453. The molecule has 0 aliphatic rings. The van der Waals surface area contributed by atoms with Crippen molar-refractivity contribution in [3.05, 3.63) is 53.2 Å². The molecule has 0 aliphatic carbocycles. The highest BCUT2D eigenvalue weighted by atomic mass is 35.5. The van der Waals surface area contributed by atoms with E-state index in [9.17, 15) is 4.79 Å². The van der Waals surface area contributed by atoms with Crippen molar-refractivity contribution in [1.82, 2.24) is 0 Å². The third kappa shape index (κ3) is 3.94. The topological polar surface area (TPSA) is 26.3 Å². The zero-order chi connectivity index (χ0) is 10.2. The molecule has 1 rings (SSSR count). The van der Waals surface area contributed by atoms with Gasteiger partial charge in [-0.05, 0) is 5.56 Å². The van der Waals surface area contributed by atoms with E-state index in [1.165, 1.54) is 0 Å². The van der Waals surface area contributed by atoms with Crippen molar-refractivity contribution in [2.45, 2.75) is 6.61 Å². The highest BCUT2D eigenvalue weighted by molar-refractivity contribution is 6.25. The Kier molecular flexibility index (Phi) is 4.56. The first-order valence-corrected chi connectivity index (χ1v) is 4.48. The Balaban J connectivity index is 2.42. The fraction of sp³-hybridized carbons (Fsp3) is 0.0909. The minimum Gasteiger partial charge on any atom is -0.457 e. The van der Waals surface area contributed by atoms with E-state index in [0.717, 1.165) is 17.2 Å². The molecule has 0 bridgehead atoms. The van der Waals surface area contributed by atoms with Crippen molar-refractivity contribution in [1.29, 1.82) is 0 Å². The van der Waals surface area contributed by atoms with Crippen molar-refractivity contribution in [3.63, 3.8) is 0 Å². The van der Waals surface area contributed by atoms with Gasteiger partial charge in [-0.15, -0.1) is 5.73 Å². The second kappa shape index (κ2) is 6.03. The number of halogens is 1. The van der Waals surface area contributed by atoms with Gasteiger partial charge in [0, 0.05) is 5.54 Å². The maximum absolute atomic E-state index is 11.0. The van der Waals surface area contributed by atoms with Crippen LogP contribution in [0.25, 0.3) is 0 Å². The summed E-state index contributed by atoms with van der Waals surface area (Å²) in [5.41, 5.74) is 4.50.